The molecule has 0 aromatic rings. The minimum atomic E-state index is -0.839. The third kappa shape index (κ3) is 2.64. The van der Waals surface area contributed by atoms with Gasteiger partial charge >= 0.3 is 12.0 Å². The normalized spacial score (nSPS) is 24.9. The number of nitrogens with zero attached hydrogens (tertiary/aromatic N) is 2. The minimum Gasteiger partial charge on any atom is -0.478 e. The van der Waals surface area contributed by atoms with Gasteiger partial charge in [0.05, 0.1) is 6.04 Å². The van der Waals surface area contributed by atoms with Gasteiger partial charge in [-0.25, -0.2) is 9.59 Å². The number of hydrogen-bond donors (Lipinski definition) is 2. The Morgan fingerprint density at radius 3 is 3.00 bits per heavy atom. The Bertz CT molecular complexity index is 381. The molecule has 0 aliphatic carbocycles. The summed E-state index contributed by atoms with van der Waals surface area (Å²) in [6, 6.07) is 0.254. The number of urea groups is 1. The van der Waals surface area contributed by atoms with Gasteiger partial charge in [0.25, 0.3) is 0 Å². The number of nitrogens with one attached hydrogen (secondary N) is 1. The van der Waals surface area contributed by atoms with E-state index in [9.17, 15) is 9.59 Å². The maximum Gasteiger partial charge on any atom is 0.331 e. The van der Waals surface area contributed by atoms with Gasteiger partial charge < -0.3 is 15.3 Å². The molecule has 2 rings (SSSR count). The largest absolute Gasteiger partial charge is 0.478 e. The van der Waals surface area contributed by atoms with E-state index in [0.717, 1.165) is 19.6 Å². The molecule has 2 amide bonds. The van der Waals surface area contributed by atoms with Crippen molar-refractivity contribution in [2.24, 2.45) is 0 Å². The molecule has 0 saturated carbocycles. The topological polar surface area (TPSA) is 72.9 Å². The summed E-state index contributed by atoms with van der Waals surface area (Å²) < 4.78 is 0. The number of hydrogen-bond acceptors (Lipinski definition) is 3. The predicted molar refractivity (Wildman–Crippen MR) is 66.3 cm³/mol. The number of fused-ring (bicyclic) bond motifs is 1. The van der Waals surface area contributed by atoms with E-state index in [0.29, 0.717) is 25.1 Å². The monoisotopic (exact) mass is 253 g/mol. The van der Waals surface area contributed by atoms with Gasteiger partial charge in [-0.2, -0.15) is 0 Å². The smallest absolute Gasteiger partial charge is 0.331 e. The van der Waals surface area contributed by atoms with Crippen molar-refractivity contribution in [2.75, 3.05) is 32.7 Å². The van der Waals surface area contributed by atoms with Crippen molar-refractivity contribution in [1.82, 2.24) is 15.1 Å². The van der Waals surface area contributed by atoms with Gasteiger partial charge in [-0.15, -0.1) is 0 Å². The van der Waals surface area contributed by atoms with E-state index in [2.05, 4.69) is 10.2 Å². The second-order valence-electron chi connectivity index (χ2n) is 4.68. The Balaban J connectivity index is 1.89. The number of carbonyl (C=O) groups is 2. The van der Waals surface area contributed by atoms with Gasteiger partial charge in [0.2, 0.25) is 0 Å². The van der Waals surface area contributed by atoms with Crippen molar-refractivity contribution in [1.29, 1.82) is 0 Å². The van der Waals surface area contributed by atoms with E-state index >= 15 is 0 Å². The van der Waals surface area contributed by atoms with Crippen molar-refractivity contribution >= 4 is 12.0 Å². The average molecular weight is 253 g/mol. The highest BCUT2D eigenvalue weighted by molar-refractivity contribution is 5.86. The van der Waals surface area contributed by atoms with Gasteiger partial charge in [-0.3, -0.25) is 4.90 Å². The lowest BCUT2D eigenvalue weighted by Crippen LogP contribution is -2.52. The molecule has 0 aromatic heterocycles. The second-order valence-corrected chi connectivity index (χ2v) is 4.68. The Hall–Kier alpha value is -1.56. The molecule has 0 radical (unpaired) electrons. The fraction of sp³-hybridized carbons (Fsp3) is 0.667. The maximum absolute atomic E-state index is 11.4. The summed E-state index contributed by atoms with van der Waals surface area (Å²) in [5.41, 5.74) is 0.457. The van der Waals surface area contributed by atoms with Crippen LogP contribution in [0.2, 0.25) is 0 Å². The second kappa shape index (κ2) is 5.39. The molecule has 18 heavy (non-hydrogen) atoms. The summed E-state index contributed by atoms with van der Waals surface area (Å²) in [5.74, 6) is -0.839. The molecule has 100 valence electrons. The molecule has 2 saturated heterocycles. The zero-order valence-corrected chi connectivity index (χ0v) is 10.6. The molecule has 2 fully saturated rings. The van der Waals surface area contributed by atoms with Crippen LogP contribution in [-0.2, 0) is 4.79 Å². The fourth-order valence-corrected chi connectivity index (χ4v) is 2.46. The molecule has 2 N–H and O–H groups in total. The summed E-state index contributed by atoms with van der Waals surface area (Å²) in [6.07, 6.45) is 2.32. The number of piperazine rings is 1. The Morgan fingerprint density at radius 2 is 2.33 bits per heavy atom. The van der Waals surface area contributed by atoms with Crippen molar-refractivity contribution in [2.45, 2.75) is 19.4 Å². The van der Waals surface area contributed by atoms with Crippen LogP contribution in [0.3, 0.4) is 0 Å². The summed E-state index contributed by atoms with van der Waals surface area (Å²) >= 11 is 0. The number of rotatable bonds is 4. The fourth-order valence-electron chi connectivity index (χ4n) is 2.46. The van der Waals surface area contributed by atoms with E-state index in [-0.39, 0.29) is 12.1 Å². The van der Waals surface area contributed by atoms with Gasteiger partial charge in [-0.1, -0.05) is 13.0 Å². The van der Waals surface area contributed by atoms with Crippen LogP contribution in [-0.4, -0.2) is 65.7 Å². The summed E-state index contributed by atoms with van der Waals surface area (Å²) in [7, 11) is 0. The van der Waals surface area contributed by atoms with E-state index in [1.807, 2.05) is 11.8 Å². The Kier molecular flexibility index (Phi) is 3.86. The van der Waals surface area contributed by atoms with E-state index in [1.54, 1.807) is 6.08 Å². The zero-order chi connectivity index (χ0) is 13.1. The van der Waals surface area contributed by atoms with Crippen LogP contribution < -0.4 is 5.32 Å². The maximum atomic E-state index is 11.4. The summed E-state index contributed by atoms with van der Waals surface area (Å²) in [5, 5.41) is 11.8. The van der Waals surface area contributed by atoms with Gasteiger partial charge in [0, 0.05) is 38.3 Å². The number of aliphatic carboxylic acids is 1. The first-order chi connectivity index (χ1) is 8.61. The summed E-state index contributed by atoms with van der Waals surface area (Å²) in [6.45, 7) is 5.52. The lowest BCUT2D eigenvalue weighted by Gasteiger charge is -2.35. The van der Waals surface area contributed by atoms with Crippen molar-refractivity contribution in [3.63, 3.8) is 0 Å². The predicted octanol–water partition coefficient (Wildman–Crippen LogP) is 0.117. The summed E-state index contributed by atoms with van der Waals surface area (Å²) in [4.78, 5) is 26.4. The van der Waals surface area contributed by atoms with Crippen LogP contribution in [0.1, 0.15) is 13.3 Å². The van der Waals surface area contributed by atoms with E-state index in [1.165, 1.54) is 0 Å². The zero-order valence-electron chi connectivity index (χ0n) is 10.6. The minimum absolute atomic E-state index is 0.0231. The molecule has 6 heteroatoms. The lowest BCUT2D eigenvalue weighted by molar-refractivity contribution is -0.132. The molecule has 2 aliphatic heterocycles. The van der Waals surface area contributed by atoms with Crippen LogP contribution in [0.5, 0.6) is 0 Å². The molecule has 0 spiro atoms. The molecular formula is C12H19N3O3. The van der Waals surface area contributed by atoms with Crippen molar-refractivity contribution in [3.05, 3.63) is 11.6 Å². The number of amides is 2. The highest BCUT2D eigenvalue weighted by atomic mass is 16.4. The standard InChI is InChI=1S/C12H19N3O3/c1-2-9(11(16)17)3-4-14-5-6-15-10(8-14)7-13-12(15)18/h3,10H,2,4-8H2,1H3,(H,13,18)(H,16,17). The molecular weight excluding hydrogens is 234 g/mol. The first kappa shape index (κ1) is 12.9. The lowest BCUT2D eigenvalue weighted by atomic mass is 10.1. The van der Waals surface area contributed by atoms with Gasteiger partial charge in [-0.05, 0) is 6.42 Å². The Morgan fingerprint density at radius 1 is 1.56 bits per heavy atom. The van der Waals surface area contributed by atoms with Crippen LogP contribution in [0.15, 0.2) is 11.6 Å². The van der Waals surface area contributed by atoms with Gasteiger partial charge in [0.1, 0.15) is 0 Å². The third-order valence-corrected chi connectivity index (χ3v) is 3.57. The van der Waals surface area contributed by atoms with E-state index < -0.39 is 5.97 Å². The number of carboxylic acids is 1. The first-order valence-electron chi connectivity index (χ1n) is 6.31. The molecule has 2 aliphatic rings. The van der Waals surface area contributed by atoms with Crippen LogP contribution >= 0.6 is 0 Å². The molecule has 2 heterocycles. The van der Waals surface area contributed by atoms with Crippen LogP contribution in [0, 0.1) is 0 Å². The Labute approximate surface area is 106 Å². The highest BCUT2D eigenvalue weighted by Crippen LogP contribution is 2.14. The molecule has 1 unspecified atom stereocenters. The first-order valence-corrected chi connectivity index (χ1v) is 6.31. The molecule has 6 nitrogen and oxygen atoms in total. The molecule has 1 atom stereocenters. The highest BCUT2D eigenvalue weighted by Gasteiger charge is 2.34. The number of carbonyl (C=O) groups excluding carboxylic acids is 1. The number of carboxylic acid groups (broad SMARTS) is 1. The quantitative estimate of drug-likeness (QED) is 0.698. The molecule has 0 aromatic carbocycles. The third-order valence-electron chi connectivity index (χ3n) is 3.57. The SMILES string of the molecule is CCC(=CCN1CCN2C(=O)NCC2C1)C(=O)O. The van der Waals surface area contributed by atoms with Crippen LogP contribution in [0.25, 0.3) is 0 Å². The molecule has 0 bridgehead atoms. The van der Waals surface area contributed by atoms with Crippen molar-refractivity contribution in [3.8, 4) is 0 Å². The average Bonchev–Trinajstić information content (AvgIpc) is 2.71. The van der Waals surface area contributed by atoms with Crippen LogP contribution in [0.4, 0.5) is 4.79 Å². The van der Waals surface area contributed by atoms with Crippen molar-refractivity contribution < 1.29 is 14.7 Å². The van der Waals surface area contributed by atoms with Gasteiger partial charge in [0.15, 0.2) is 0 Å². The van der Waals surface area contributed by atoms with E-state index in [4.69, 9.17) is 5.11 Å².